The van der Waals surface area contributed by atoms with E-state index in [-0.39, 0.29) is 11.7 Å². The van der Waals surface area contributed by atoms with Gasteiger partial charge in [-0.2, -0.15) is 0 Å². The van der Waals surface area contributed by atoms with Gasteiger partial charge in [0.05, 0.1) is 5.02 Å². The summed E-state index contributed by atoms with van der Waals surface area (Å²) in [5, 5.41) is 9.66. The van der Waals surface area contributed by atoms with Crippen molar-refractivity contribution < 1.29 is 9.90 Å². The molecule has 2 rings (SSSR count). The Labute approximate surface area is 103 Å². The van der Waals surface area contributed by atoms with Crippen molar-refractivity contribution in [2.45, 2.75) is 0 Å². The smallest absolute Gasteiger partial charge is 0.274 e. The fraction of sp³-hybridized carbons (Fsp3) is 0.0833. The average Bonchev–Trinajstić information content (AvgIpc) is 2.75. The number of phenols is 1. The lowest BCUT2D eigenvalue weighted by atomic mass is 10.2. The van der Waals surface area contributed by atoms with Crippen LogP contribution in [0.25, 0.3) is 0 Å². The minimum absolute atomic E-state index is 0.164. The van der Waals surface area contributed by atoms with E-state index in [4.69, 9.17) is 11.6 Å². The summed E-state index contributed by atoms with van der Waals surface area (Å²) < 4.78 is 0. The molecule has 0 saturated carbocycles. The van der Waals surface area contributed by atoms with Crippen molar-refractivity contribution in [2.24, 2.45) is 0 Å². The maximum Gasteiger partial charge on any atom is 0.274 e. The van der Waals surface area contributed by atoms with Crippen LogP contribution in [-0.4, -0.2) is 23.0 Å². The number of halogens is 1. The second-order valence-electron chi connectivity index (χ2n) is 3.61. The third kappa shape index (κ3) is 2.42. The quantitative estimate of drug-likeness (QED) is 0.861. The number of H-pyrrole nitrogens is 1. The molecule has 1 heterocycles. The van der Waals surface area contributed by atoms with Gasteiger partial charge >= 0.3 is 0 Å². The Hall–Kier alpha value is -1.94. The van der Waals surface area contributed by atoms with Gasteiger partial charge in [-0.15, -0.1) is 0 Å². The van der Waals surface area contributed by atoms with Crippen LogP contribution >= 0.6 is 11.6 Å². The molecule has 1 aromatic carbocycles. The molecule has 4 nitrogen and oxygen atoms in total. The lowest BCUT2D eigenvalue weighted by Crippen LogP contribution is -2.26. The van der Waals surface area contributed by atoms with Crippen molar-refractivity contribution in [3.63, 3.8) is 0 Å². The number of phenolic OH excluding ortho intramolecular Hbond substituents is 1. The van der Waals surface area contributed by atoms with Gasteiger partial charge in [-0.3, -0.25) is 4.79 Å². The fourth-order valence-electron chi connectivity index (χ4n) is 1.47. The second kappa shape index (κ2) is 4.51. The van der Waals surface area contributed by atoms with Crippen LogP contribution in [0, 0.1) is 0 Å². The normalized spacial score (nSPS) is 10.2. The van der Waals surface area contributed by atoms with Gasteiger partial charge in [0, 0.05) is 18.9 Å². The number of anilines is 1. The van der Waals surface area contributed by atoms with Crippen LogP contribution in [0.1, 0.15) is 10.5 Å². The number of hydrogen-bond donors (Lipinski definition) is 2. The number of aromatic nitrogens is 1. The molecule has 2 aromatic rings. The number of carbonyl (C=O) groups is 1. The van der Waals surface area contributed by atoms with Gasteiger partial charge in [0.25, 0.3) is 5.91 Å². The SMILES string of the molecule is CN(C(=O)c1cc(Cl)c[nH]1)c1ccc(O)cc1. The molecule has 0 bridgehead atoms. The second-order valence-corrected chi connectivity index (χ2v) is 4.05. The van der Waals surface area contributed by atoms with E-state index in [1.54, 1.807) is 31.4 Å². The lowest BCUT2D eigenvalue weighted by molar-refractivity contribution is 0.0989. The first-order valence-electron chi connectivity index (χ1n) is 4.99. The van der Waals surface area contributed by atoms with E-state index in [1.165, 1.54) is 17.0 Å². The van der Waals surface area contributed by atoms with Crippen molar-refractivity contribution in [3.05, 3.63) is 47.2 Å². The van der Waals surface area contributed by atoms with Crippen LogP contribution in [0.15, 0.2) is 36.5 Å². The molecular weight excluding hydrogens is 240 g/mol. The standard InChI is InChI=1S/C12H11ClN2O2/c1-15(9-2-4-10(16)5-3-9)12(17)11-6-8(13)7-14-11/h2-7,14,16H,1H3. The number of nitrogens with zero attached hydrogens (tertiary/aromatic N) is 1. The summed E-state index contributed by atoms with van der Waals surface area (Å²) in [5.74, 6) is -0.0277. The van der Waals surface area contributed by atoms with E-state index < -0.39 is 0 Å². The van der Waals surface area contributed by atoms with Crippen LogP contribution in [-0.2, 0) is 0 Å². The Balaban J connectivity index is 2.23. The number of hydrogen-bond acceptors (Lipinski definition) is 2. The Kier molecular flexibility index (Phi) is 3.06. The van der Waals surface area contributed by atoms with E-state index in [1.807, 2.05) is 0 Å². The molecule has 0 atom stereocenters. The zero-order valence-electron chi connectivity index (χ0n) is 9.14. The van der Waals surface area contributed by atoms with Crippen LogP contribution in [0.2, 0.25) is 5.02 Å². The van der Waals surface area contributed by atoms with Crippen LogP contribution in [0.4, 0.5) is 5.69 Å². The van der Waals surface area contributed by atoms with Gasteiger partial charge in [0.1, 0.15) is 11.4 Å². The van der Waals surface area contributed by atoms with Gasteiger partial charge < -0.3 is 15.0 Å². The minimum Gasteiger partial charge on any atom is -0.508 e. The Bertz CT molecular complexity index is 534. The van der Waals surface area contributed by atoms with E-state index >= 15 is 0 Å². The summed E-state index contributed by atoms with van der Waals surface area (Å²) in [5.41, 5.74) is 1.11. The summed E-state index contributed by atoms with van der Waals surface area (Å²) in [4.78, 5) is 16.3. The van der Waals surface area contributed by atoms with Crippen molar-refractivity contribution >= 4 is 23.2 Å². The molecule has 0 aliphatic heterocycles. The molecule has 88 valence electrons. The van der Waals surface area contributed by atoms with Crippen LogP contribution < -0.4 is 4.90 Å². The zero-order valence-corrected chi connectivity index (χ0v) is 9.90. The summed E-state index contributed by atoms with van der Waals surface area (Å²) in [6.07, 6.45) is 1.56. The molecule has 1 aromatic heterocycles. The average molecular weight is 251 g/mol. The van der Waals surface area contributed by atoms with Crippen LogP contribution in [0.3, 0.4) is 0 Å². The number of aromatic hydroxyl groups is 1. The van der Waals surface area contributed by atoms with E-state index in [0.717, 1.165) is 0 Å². The number of aromatic amines is 1. The first-order valence-corrected chi connectivity index (χ1v) is 5.37. The van der Waals surface area contributed by atoms with Gasteiger partial charge in [-0.1, -0.05) is 11.6 Å². The van der Waals surface area contributed by atoms with Gasteiger partial charge in [0.15, 0.2) is 0 Å². The van der Waals surface area contributed by atoms with Crippen molar-refractivity contribution in [1.82, 2.24) is 4.98 Å². The topological polar surface area (TPSA) is 56.3 Å². The zero-order chi connectivity index (χ0) is 12.4. The summed E-state index contributed by atoms with van der Waals surface area (Å²) >= 11 is 5.74. The monoisotopic (exact) mass is 250 g/mol. The Morgan fingerprint density at radius 3 is 2.53 bits per heavy atom. The minimum atomic E-state index is -0.192. The maximum absolute atomic E-state index is 12.0. The molecule has 0 fully saturated rings. The first kappa shape index (κ1) is 11.5. The molecule has 0 aliphatic carbocycles. The van der Waals surface area contributed by atoms with Gasteiger partial charge in [0.2, 0.25) is 0 Å². The number of carbonyl (C=O) groups excluding carboxylic acids is 1. The lowest BCUT2D eigenvalue weighted by Gasteiger charge is -2.16. The molecule has 0 aliphatic rings. The Morgan fingerprint density at radius 1 is 1.35 bits per heavy atom. The van der Waals surface area contributed by atoms with Crippen molar-refractivity contribution in [2.75, 3.05) is 11.9 Å². The highest BCUT2D eigenvalue weighted by Crippen LogP contribution is 2.19. The van der Waals surface area contributed by atoms with E-state index in [2.05, 4.69) is 4.98 Å². The highest BCUT2D eigenvalue weighted by molar-refractivity contribution is 6.31. The van der Waals surface area contributed by atoms with Crippen LogP contribution in [0.5, 0.6) is 5.75 Å². The number of rotatable bonds is 2. The van der Waals surface area contributed by atoms with E-state index in [0.29, 0.717) is 16.4 Å². The van der Waals surface area contributed by atoms with E-state index in [9.17, 15) is 9.90 Å². The molecule has 17 heavy (non-hydrogen) atoms. The van der Waals surface area contributed by atoms with Gasteiger partial charge in [-0.25, -0.2) is 0 Å². The molecule has 0 saturated heterocycles. The third-order valence-corrected chi connectivity index (χ3v) is 2.64. The molecule has 5 heteroatoms. The first-order chi connectivity index (χ1) is 8.08. The molecule has 0 radical (unpaired) electrons. The molecule has 0 spiro atoms. The Morgan fingerprint density at radius 2 is 2.00 bits per heavy atom. The highest BCUT2D eigenvalue weighted by Gasteiger charge is 2.14. The maximum atomic E-state index is 12.0. The third-order valence-electron chi connectivity index (χ3n) is 2.42. The summed E-state index contributed by atoms with van der Waals surface area (Å²) in [6.45, 7) is 0. The molecular formula is C12H11ClN2O2. The molecule has 0 unspecified atom stereocenters. The molecule has 1 amide bonds. The summed E-state index contributed by atoms with van der Waals surface area (Å²) in [6, 6.07) is 7.96. The predicted molar refractivity (Wildman–Crippen MR) is 66.6 cm³/mol. The largest absolute Gasteiger partial charge is 0.508 e. The van der Waals surface area contributed by atoms with Gasteiger partial charge in [-0.05, 0) is 30.3 Å². The predicted octanol–water partition coefficient (Wildman–Crippen LogP) is 2.65. The summed E-state index contributed by atoms with van der Waals surface area (Å²) in [7, 11) is 1.66. The van der Waals surface area contributed by atoms with Crippen molar-refractivity contribution in [1.29, 1.82) is 0 Å². The highest BCUT2D eigenvalue weighted by atomic mass is 35.5. The number of benzene rings is 1. The molecule has 2 N–H and O–H groups in total. The number of amides is 1. The van der Waals surface area contributed by atoms with Crippen molar-refractivity contribution in [3.8, 4) is 5.75 Å². The number of nitrogens with one attached hydrogen (secondary N) is 1. The fourth-order valence-corrected chi connectivity index (χ4v) is 1.63.